The van der Waals surface area contributed by atoms with E-state index in [0.29, 0.717) is 36.8 Å². The van der Waals surface area contributed by atoms with E-state index >= 15 is 0 Å². The van der Waals surface area contributed by atoms with Crippen molar-refractivity contribution >= 4 is 17.8 Å². The van der Waals surface area contributed by atoms with Crippen LogP contribution in [0.5, 0.6) is 0 Å². The Balaban J connectivity index is 1.58. The molecule has 1 N–H and O–H groups in total. The molecule has 7 nitrogen and oxygen atoms in total. The summed E-state index contributed by atoms with van der Waals surface area (Å²) in [5, 5.41) is 2.87. The fourth-order valence-corrected chi connectivity index (χ4v) is 3.85. The number of aromatic nitrogens is 2. The number of nitrogens with zero attached hydrogens (tertiary/aromatic N) is 3. The zero-order chi connectivity index (χ0) is 22.1. The molecule has 0 saturated heterocycles. The van der Waals surface area contributed by atoms with Crippen LogP contribution in [0.3, 0.4) is 0 Å². The molecule has 7 heteroatoms. The number of carbonyl (C=O) groups excluding carboxylic acids is 2. The highest BCUT2D eigenvalue weighted by Crippen LogP contribution is 2.28. The summed E-state index contributed by atoms with van der Waals surface area (Å²) in [6.07, 6.45) is 1.74. The Bertz CT molecular complexity index is 1170. The monoisotopic (exact) mass is 418 g/mol. The lowest BCUT2D eigenvalue weighted by Crippen LogP contribution is -2.28. The lowest BCUT2D eigenvalue weighted by atomic mass is 10.0. The van der Waals surface area contributed by atoms with Crippen molar-refractivity contribution in [2.45, 2.75) is 20.4 Å². The van der Waals surface area contributed by atoms with Gasteiger partial charge in [0, 0.05) is 32.8 Å². The molecule has 0 unspecified atom stereocenters. The average Bonchev–Trinajstić information content (AvgIpc) is 3.28. The fraction of sp³-hybridized carbons (Fsp3) is 0.292. The SMILES string of the molecule is COCCN1Cc2cccc(C(=O)Nc3ncc(-c4ccc(C)c(C)c4)n3C)c2C1=O. The van der Waals surface area contributed by atoms with Crippen LogP contribution < -0.4 is 5.32 Å². The van der Waals surface area contributed by atoms with Crippen LogP contribution in [0, 0.1) is 13.8 Å². The summed E-state index contributed by atoms with van der Waals surface area (Å²) >= 11 is 0. The number of methoxy groups -OCH3 is 1. The second-order valence-electron chi connectivity index (χ2n) is 7.84. The first-order valence-electron chi connectivity index (χ1n) is 10.2. The van der Waals surface area contributed by atoms with E-state index in [0.717, 1.165) is 16.8 Å². The van der Waals surface area contributed by atoms with Crippen LogP contribution in [0.1, 0.15) is 37.4 Å². The van der Waals surface area contributed by atoms with Gasteiger partial charge in [0.25, 0.3) is 11.8 Å². The molecule has 2 heterocycles. The molecule has 2 aromatic carbocycles. The maximum absolute atomic E-state index is 13.1. The summed E-state index contributed by atoms with van der Waals surface area (Å²) in [4.78, 5) is 32.0. The van der Waals surface area contributed by atoms with Crippen molar-refractivity contribution in [3.05, 3.63) is 70.4 Å². The van der Waals surface area contributed by atoms with Gasteiger partial charge < -0.3 is 14.2 Å². The molecule has 1 aliphatic rings. The number of fused-ring (bicyclic) bond motifs is 1. The Morgan fingerprint density at radius 1 is 1.19 bits per heavy atom. The van der Waals surface area contributed by atoms with E-state index in [-0.39, 0.29) is 11.8 Å². The van der Waals surface area contributed by atoms with Crippen LogP contribution >= 0.6 is 0 Å². The number of ether oxygens (including phenoxy) is 1. The molecule has 0 atom stereocenters. The molecule has 0 aliphatic carbocycles. The van der Waals surface area contributed by atoms with Gasteiger partial charge in [-0.1, -0.05) is 24.3 Å². The van der Waals surface area contributed by atoms with Crippen molar-refractivity contribution < 1.29 is 14.3 Å². The second-order valence-corrected chi connectivity index (χ2v) is 7.84. The number of hydrogen-bond donors (Lipinski definition) is 1. The van der Waals surface area contributed by atoms with Crippen molar-refractivity contribution in [2.75, 3.05) is 25.6 Å². The molecule has 0 bridgehead atoms. The van der Waals surface area contributed by atoms with E-state index < -0.39 is 0 Å². The van der Waals surface area contributed by atoms with Gasteiger partial charge in [-0.3, -0.25) is 14.9 Å². The Morgan fingerprint density at radius 2 is 2.00 bits per heavy atom. The Hall–Kier alpha value is -3.45. The third kappa shape index (κ3) is 3.84. The third-order valence-electron chi connectivity index (χ3n) is 5.84. The number of carbonyl (C=O) groups is 2. The molecule has 4 rings (SSSR count). The van der Waals surface area contributed by atoms with E-state index in [1.807, 2.05) is 23.7 Å². The molecule has 0 radical (unpaired) electrons. The van der Waals surface area contributed by atoms with E-state index in [9.17, 15) is 9.59 Å². The predicted molar refractivity (Wildman–Crippen MR) is 119 cm³/mol. The van der Waals surface area contributed by atoms with Crippen LogP contribution in [0.15, 0.2) is 42.6 Å². The summed E-state index contributed by atoms with van der Waals surface area (Å²) in [5.41, 5.74) is 6.02. The molecule has 2 amide bonds. The van der Waals surface area contributed by atoms with Crippen molar-refractivity contribution in [1.29, 1.82) is 0 Å². The summed E-state index contributed by atoms with van der Waals surface area (Å²) in [5.74, 6) is -0.0647. The van der Waals surface area contributed by atoms with Gasteiger partial charge in [-0.2, -0.15) is 0 Å². The highest BCUT2D eigenvalue weighted by atomic mass is 16.5. The molecule has 3 aromatic rings. The minimum absolute atomic E-state index is 0.145. The van der Waals surface area contributed by atoms with Crippen LogP contribution in [-0.2, 0) is 18.3 Å². The third-order valence-corrected chi connectivity index (χ3v) is 5.84. The number of imidazole rings is 1. The standard InChI is InChI=1S/C24H26N4O3/c1-15-8-9-17(12-16(15)2)20-13-25-24(27(20)3)26-22(29)19-7-5-6-18-14-28(10-11-31-4)23(30)21(18)19/h5-9,12-13H,10-11,14H2,1-4H3,(H,25,26,29). The molecule has 1 aromatic heterocycles. The normalized spacial score (nSPS) is 12.9. The van der Waals surface area contributed by atoms with Crippen molar-refractivity contribution in [3.63, 3.8) is 0 Å². The molecule has 0 saturated carbocycles. The van der Waals surface area contributed by atoms with Gasteiger partial charge >= 0.3 is 0 Å². The first-order valence-corrected chi connectivity index (χ1v) is 10.2. The average molecular weight is 418 g/mol. The van der Waals surface area contributed by atoms with Crippen LogP contribution in [-0.4, -0.2) is 46.5 Å². The van der Waals surface area contributed by atoms with Gasteiger partial charge in [0.2, 0.25) is 5.95 Å². The van der Waals surface area contributed by atoms with Gasteiger partial charge in [-0.25, -0.2) is 4.98 Å². The van der Waals surface area contributed by atoms with Gasteiger partial charge in [0.1, 0.15) is 0 Å². The van der Waals surface area contributed by atoms with Crippen molar-refractivity contribution in [3.8, 4) is 11.3 Å². The molecule has 0 spiro atoms. The highest BCUT2D eigenvalue weighted by Gasteiger charge is 2.31. The molecule has 31 heavy (non-hydrogen) atoms. The Kier molecular flexibility index (Phi) is 5.61. The summed E-state index contributed by atoms with van der Waals surface area (Å²) in [7, 11) is 3.46. The largest absolute Gasteiger partial charge is 0.383 e. The van der Waals surface area contributed by atoms with Gasteiger partial charge in [0.05, 0.1) is 29.6 Å². The van der Waals surface area contributed by atoms with E-state index in [1.165, 1.54) is 11.1 Å². The van der Waals surface area contributed by atoms with Crippen molar-refractivity contribution in [2.24, 2.45) is 7.05 Å². The molecule has 1 aliphatic heterocycles. The smallest absolute Gasteiger partial charge is 0.258 e. The van der Waals surface area contributed by atoms with Gasteiger partial charge in [-0.15, -0.1) is 0 Å². The lowest BCUT2D eigenvalue weighted by molar-refractivity contribution is 0.0716. The minimum Gasteiger partial charge on any atom is -0.383 e. The molecule has 160 valence electrons. The second kappa shape index (κ2) is 8.35. The predicted octanol–water partition coefficient (Wildman–Crippen LogP) is 3.56. The summed E-state index contributed by atoms with van der Waals surface area (Å²) < 4.78 is 6.93. The number of anilines is 1. The number of benzene rings is 2. The van der Waals surface area contributed by atoms with Crippen molar-refractivity contribution in [1.82, 2.24) is 14.5 Å². The Labute approximate surface area is 181 Å². The topological polar surface area (TPSA) is 76.5 Å². The number of rotatable bonds is 6. The maximum Gasteiger partial charge on any atom is 0.258 e. The Morgan fingerprint density at radius 3 is 2.74 bits per heavy atom. The van der Waals surface area contributed by atoms with E-state index in [4.69, 9.17) is 4.74 Å². The molecular formula is C24H26N4O3. The van der Waals surface area contributed by atoms with Gasteiger partial charge in [0.15, 0.2) is 0 Å². The highest BCUT2D eigenvalue weighted by molar-refractivity contribution is 6.13. The zero-order valence-corrected chi connectivity index (χ0v) is 18.2. The summed E-state index contributed by atoms with van der Waals surface area (Å²) in [6, 6.07) is 11.6. The van der Waals surface area contributed by atoms with E-state index in [2.05, 4.69) is 36.3 Å². The minimum atomic E-state index is -0.348. The molecular weight excluding hydrogens is 392 g/mol. The first kappa shape index (κ1) is 20.8. The quantitative estimate of drug-likeness (QED) is 0.664. The van der Waals surface area contributed by atoms with Crippen LogP contribution in [0.2, 0.25) is 0 Å². The zero-order valence-electron chi connectivity index (χ0n) is 18.2. The molecule has 0 fully saturated rings. The lowest BCUT2D eigenvalue weighted by Gasteiger charge is -2.14. The maximum atomic E-state index is 13.1. The first-order chi connectivity index (χ1) is 14.9. The van der Waals surface area contributed by atoms with E-state index in [1.54, 1.807) is 30.3 Å². The number of aryl methyl sites for hydroxylation is 2. The fourth-order valence-electron chi connectivity index (χ4n) is 3.85. The number of nitrogens with one attached hydrogen (secondary N) is 1. The number of amides is 2. The number of hydrogen-bond acceptors (Lipinski definition) is 4. The van der Waals surface area contributed by atoms with Crippen LogP contribution in [0.25, 0.3) is 11.3 Å². The van der Waals surface area contributed by atoms with Crippen LogP contribution in [0.4, 0.5) is 5.95 Å². The van der Waals surface area contributed by atoms with Gasteiger partial charge in [-0.05, 0) is 42.7 Å². The summed E-state index contributed by atoms with van der Waals surface area (Å²) in [6.45, 7) is 5.57.